The Balaban J connectivity index is 1.60. The summed E-state index contributed by atoms with van der Waals surface area (Å²) in [5.41, 5.74) is 3.00. The van der Waals surface area contributed by atoms with E-state index in [9.17, 15) is 14.4 Å². The van der Waals surface area contributed by atoms with Crippen molar-refractivity contribution < 1.29 is 14.4 Å². The van der Waals surface area contributed by atoms with Gasteiger partial charge in [0.05, 0.1) is 17.2 Å². The largest absolute Gasteiger partial charge is 0.334 e. The SMILES string of the molecule is O=C1[C@H](N2C(=O)c3ccccc3C2=O)Cc2ccccc2[C@@H]2CCCCN12. The molecule has 2 atom stereocenters. The first-order valence-electron chi connectivity index (χ1n) is 9.52. The van der Waals surface area contributed by atoms with Crippen molar-refractivity contribution in [1.82, 2.24) is 9.80 Å². The highest BCUT2D eigenvalue weighted by molar-refractivity contribution is 6.22. The highest BCUT2D eigenvalue weighted by Crippen LogP contribution is 2.38. The fourth-order valence-electron chi connectivity index (χ4n) is 4.74. The Morgan fingerprint density at radius 3 is 2.19 bits per heavy atom. The highest BCUT2D eigenvalue weighted by Gasteiger charge is 2.46. The molecule has 1 saturated heterocycles. The summed E-state index contributed by atoms with van der Waals surface area (Å²) in [4.78, 5) is 42.5. The lowest BCUT2D eigenvalue weighted by Crippen LogP contribution is -2.52. The van der Waals surface area contributed by atoms with Crippen LogP contribution in [0.15, 0.2) is 48.5 Å². The van der Waals surface area contributed by atoms with Gasteiger partial charge in [0, 0.05) is 13.0 Å². The van der Waals surface area contributed by atoms with Gasteiger partial charge >= 0.3 is 0 Å². The number of fused-ring (bicyclic) bond motifs is 4. The minimum atomic E-state index is -0.776. The minimum Gasteiger partial charge on any atom is -0.334 e. The van der Waals surface area contributed by atoms with Gasteiger partial charge in [0.2, 0.25) is 5.91 Å². The summed E-state index contributed by atoms with van der Waals surface area (Å²) in [6.45, 7) is 0.678. The molecule has 5 heteroatoms. The molecule has 5 nitrogen and oxygen atoms in total. The predicted octanol–water partition coefficient (Wildman–Crippen LogP) is 2.96. The number of piperidine rings is 1. The van der Waals surface area contributed by atoms with E-state index in [4.69, 9.17) is 0 Å². The van der Waals surface area contributed by atoms with Crippen LogP contribution in [0.3, 0.4) is 0 Å². The first-order valence-corrected chi connectivity index (χ1v) is 9.52. The Hall–Kier alpha value is -2.95. The lowest BCUT2D eigenvalue weighted by Gasteiger charge is -2.37. The Morgan fingerprint density at radius 2 is 1.44 bits per heavy atom. The van der Waals surface area contributed by atoms with Crippen molar-refractivity contribution in [3.05, 3.63) is 70.8 Å². The summed E-state index contributed by atoms with van der Waals surface area (Å²) >= 11 is 0. The van der Waals surface area contributed by atoms with Crippen LogP contribution >= 0.6 is 0 Å². The third kappa shape index (κ3) is 2.34. The average molecular weight is 360 g/mol. The number of imide groups is 1. The molecule has 3 aliphatic heterocycles. The zero-order chi connectivity index (χ0) is 18.5. The molecule has 0 saturated carbocycles. The molecule has 0 bridgehead atoms. The molecule has 0 unspecified atom stereocenters. The summed E-state index contributed by atoms with van der Waals surface area (Å²) in [6.07, 6.45) is 3.35. The Labute approximate surface area is 157 Å². The summed E-state index contributed by atoms with van der Waals surface area (Å²) in [5.74, 6) is -0.825. The molecule has 3 aliphatic rings. The van der Waals surface area contributed by atoms with Crippen molar-refractivity contribution in [3.8, 4) is 0 Å². The smallest absolute Gasteiger partial charge is 0.262 e. The molecular formula is C22H20N2O3. The van der Waals surface area contributed by atoms with E-state index >= 15 is 0 Å². The van der Waals surface area contributed by atoms with Gasteiger partial charge in [0.1, 0.15) is 6.04 Å². The molecule has 0 aromatic heterocycles. The van der Waals surface area contributed by atoms with Crippen LogP contribution in [0.1, 0.15) is 57.1 Å². The standard InChI is InChI=1S/C22H20N2O3/c25-20-16-9-3-4-10-17(16)21(26)24(20)19-13-14-7-1-2-8-15(14)18-11-5-6-12-23(18)22(19)27/h1-4,7-10,18-19H,5-6,11-13H2/t18-,19+/m0/s1. The van der Waals surface area contributed by atoms with Crippen LogP contribution in [-0.4, -0.2) is 40.1 Å². The van der Waals surface area contributed by atoms with Gasteiger partial charge in [-0.05, 0) is 42.5 Å². The second-order valence-corrected chi connectivity index (χ2v) is 7.49. The van der Waals surface area contributed by atoms with Crippen LogP contribution in [-0.2, 0) is 11.2 Å². The summed E-state index contributed by atoms with van der Waals surface area (Å²) in [6, 6.07) is 14.1. The maximum Gasteiger partial charge on any atom is 0.262 e. The second kappa shape index (κ2) is 6.05. The van der Waals surface area contributed by atoms with Gasteiger partial charge in [-0.25, -0.2) is 0 Å². The Morgan fingerprint density at radius 1 is 0.778 bits per heavy atom. The van der Waals surface area contributed by atoms with E-state index in [1.807, 2.05) is 23.1 Å². The molecule has 2 aromatic rings. The zero-order valence-electron chi connectivity index (χ0n) is 14.9. The highest BCUT2D eigenvalue weighted by atomic mass is 16.2. The van der Waals surface area contributed by atoms with Gasteiger partial charge in [-0.1, -0.05) is 36.4 Å². The minimum absolute atomic E-state index is 0.0441. The first kappa shape index (κ1) is 16.2. The van der Waals surface area contributed by atoms with Gasteiger partial charge in [-0.2, -0.15) is 0 Å². The summed E-state index contributed by atoms with van der Waals surface area (Å²) < 4.78 is 0. The van der Waals surface area contributed by atoms with Gasteiger partial charge < -0.3 is 4.90 Å². The van der Waals surface area contributed by atoms with Crippen LogP contribution in [0.4, 0.5) is 0 Å². The molecule has 136 valence electrons. The molecule has 3 heterocycles. The van der Waals surface area contributed by atoms with Crippen molar-refractivity contribution in [2.24, 2.45) is 0 Å². The second-order valence-electron chi connectivity index (χ2n) is 7.49. The molecule has 0 aliphatic carbocycles. The molecule has 3 amide bonds. The number of carbonyl (C=O) groups excluding carboxylic acids is 3. The maximum absolute atomic E-state index is 13.5. The average Bonchev–Trinajstić information content (AvgIpc) is 2.89. The molecular weight excluding hydrogens is 340 g/mol. The van der Waals surface area contributed by atoms with Gasteiger partial charge in [-0.3, -0.25) is 19.3 Å². The van der Waals surface area contributed by atoms with E-state index in [0.29, 0.717) is 24.1 Å². The number of hydrogen-bond acceptors (Lipinski definition) is 3. The van der Waals surface area contributed by atoms with E-state index < -0.39 is 6.04 Å². The van der Waals surface area contributed by atoms with Crippen molar-refractivity contribution in [2.75, 3.05) is 6.54 Å². The molecule has 1 fully saturated rings. The maximum atomic E-state index is 13.5. The summed E-state index contributed by atoms with van der Waals surface area (Å²) in [5, 5.41) is 0. The fourth-order valence-corrected chi connectivity index (χ4v) is 4.74. The molecule has 27 heavy (non-hydrogen) atoms. The van der Waals surface area contributed by atoms with Crippen LogP contribution in [0, 0.1) is 0 Å². The molecule has 2 aromatic carbocycles. The van der Waals surface area contributed by atoms with E-state index in [2.05, 4.69) is 6.07 Å². The van der Waals surface area contributed by atoms with Crippen LogP contribution in [0.2, 0.25) is 0 Å². The molecule has 0 N–H and O–H groups in total. The van der Waals surface area contributed by atoms with Gasteiger partial charge in [0.25, 0.3) is 11.8 Å². The van der Waals surface area contributed by atoms with E-state index in [0.717, 1.165) is 30.4 Å². The van der Waals surface area contributed by atoms with E-state index in [-0.39, 0.29) is 23.8 Å². The van der Waals surface area contributed by atoms with Crippen LogP contribution in [0.5, 0.6) is 0 Å². The van der Waals surface area contributed by atoms with Crippen molar-refractivity contribution >= 4 is 17.7 Å². The van der Waals surface area contributed by atoms with Crippen LogP contribution in [0.25, 0.3) is 0 Å². The Bertz CT molecular complexity index is 933. The van der Waals surface area contributed by atoms with Gasteiger partial charge in [-0.15, -0.1) is 0 Å². The van der Waals surface area contributed by atoms with Gasteiger partial charge in [0.15, 0.2) is 0 Å². The van der Waals surface area contributed by atoms with E-state index in [1.165, 1.54) is 4.90 Å². The predicted molar refractivity (Wildman–Crippen MR) is 99.2 cm³/mol. The number of benzene rings is 2. The third-order valence-corrected chi connectivity index (χ3v) is 6.04. The number of carbonyl (C=O) groups is 3. The molecule has 0 radical (unpaired) electrons. The number of amides is 3. The monoisotopic (exact) mass is 360 g/mol. The lowest BCUT2D eigenvalue weighted by molar-refractivity contribution is -0.138. The van der Waals surface area contributed by atoms with Crippen molar-refractivity contribution in [1.29, 1.82) is 0 Å². The topological polar surface area (TPSA) is 57.7 Å². The molecule has 5 rings (SSSR count). The lowest BCUT2D eigenvalue weighted by atomic mass is 9.92. The number of hydrogen-bond donors (Lipinski definition) is 0. The number of rotatable bonds is 1. The zero-order valence-corrected chi connectivity index (χ0v) is 14.9. The quantitative estimate of drug-likeness (QED) is 0.735. The van der Waals surface area contributed by atoms with Crippen molar-refractivity contribution in [2.45, 2.75) is 37.8 Å². The molecule has 0 spiro atoms. The van der Waals surface area contributed by atoms with E-state index in [1.54, 1.807) is 24.3 Å². The summed E-state index contributed by atoms with van der Waals surface area (Å²) in [7, 11) is 0. The van der Waals surface area contributed by atoms with Crippen LogP contribution < -0.4 is 0 Å². The van der Waals surface area contributed by atoms with Crippen molar-refractivity contribution in [3.63, 3.8) is 0 Å². The Kier molecular flexibility index (Phi) is 3.64. The first-order chi connectivity index (χ1) is 13.2. The number of nitrogens with zero attached hydrogens (tertiary/aromatic N) is 2. The normalized spacial score (nSPS) is 24.4. The fraction of sp³-hybridized carbons (Fsp3) is 0.318. The third-order valence-electron chi connectivity index (χ3n) is 6.04.